The molecule has 0 saturated carbocycles. The quantitative estimate of drug-likeness (QED) is 0.775. The fraction of sp³-hybridized carbons (Fsp3) is 0.533. The number of para-hydroxylation sites is 1. The number of rotatable bonds is 8. The highest BCUT2D eigenvalue weighted by Crippen LogP contribution is 2.29. The van der Waals surface area contributed by atoms with Crippen molar-refractivity contribution in [2.45, 2.75) is 27.3 Å². The predicted molar refractivity (Wildman–Crippen MR) is 81.9 cm³/mol. The van der Waals surface area contributed by atoms with Gasteiger partial charge >= 0.3 is 0 Å². The lowest BCUT2D eigenvalue weighted by Crippen LogP contribution is -2.26. The minimum absolute atomic E-state index is 0.232. The molecule has 3 N–H and O–H groups in total. The van der Waals surface area contributed by atoms with Crippen LogP contribution in [0, 0.1) is 11.8 Å². The minimum Gasteiger partial charge on any atom is -0.491 e. The van der Waals surface area contributed by atoms with Crippen LogP contribution in [-0.4, -0.2) is 19.1 Å². The molecule has 0 radical (unpaired) electrons. The zero-order valence-electron chi connectivity index (χ0n) is 12.3. The SMILES string of the molecule is CC(C)CNCc1cccc(Cl)c1OCC(C)C(N)=O. The van der Waals surface area contributed by atoms with Crippen LogP contribution in [0.15, 0.2) is 18.2 Å². The van der Waals surface area contributed by atoms with Crippen LogP contribution < -0.4 is 15.8 Å². The largest absolute Gasteiger partial charge is 0.491 e. The van der Waals surface area contributed by atoms with E-state index in [9.17, 15) is 4.79 Å². The van der Waals surface area contributed by atoms with E-state index in [0.717, 1.165) is 12.1 Å². The van der Waals surface area contributed by atoms with E-state index in [0.29, 0.717) is 23.2 Å². The van der Waals surface area contributed by atoms with Gasteiger partial charge in [-0.15, -0.1) is 0 Å². The van der Waals surface area contributed by atoms with Gasteiger partial charge in [0.05, 0.1) is 17.5 Å². The number of halogens is 1. The van der Waals surface area contributed by atoms with Gasteiger partial charge < -0.3 is 15.8 Å². The average molecular weight is 299 g/mol. The normalized spacial score (nSPS) is 12.4. The molecule has 0 bridgehead atoms. The standard InChI is InChI=1S/C15H23ClN2O2/c1-10(2)7-18-8-12-5-4-6-13(16)14(12)20-9-11(3)15(17)19/h4-6,10-11,18H,7-9H2,1-3H3,(H2,17,19). The van der Waals surface area contributed by atoms with Crippen molar-refractivity contribution in [1.82, 2.24) is 5.32 Å². The first-order valence-corrected chi connectivity index (χ1v) is 7.19. The molecule has 20 heavy (non-hydrogen) atoms. The third-order valence-electron chi connectivity index (χ3n) is 2.88. The van der Waals surface area contributed by atoms with E-state index in [1.54, 1.807) is 13.0 Å². The summed E-state index contributed by atoms with van der Waals surface area (Å²) in [4.78, 5) is 11.0. The summed E-state index contributed by atoms with van der Waals surface area (Å²) >= 11 is 6.16. The monoisotopic (exact) mass is 298 g/mol. The Hall–Kier alpha value is -1.26. The number of benzene rings is 1. The molecule has 0 aliphatic heterocycles. The third kappa shape index (κ3) is 5.39. The lowest BCUT2D eigenvalue weighted by molar-refractivity contribution is -0.122. The molecule has 1 aromatic carbocycles. The van der Waals surface area contributed by atoms with Crippen molar-refractivity contribution in [3.63, 3.8) is 0 Å². The Labute approximate surface area is 125 Å². The molecule has 0 aliphatic carbocycles. The lowest BCUT2D eigenvalue weighted by atomic mass is 10.1. The van der Waals surface area contributed by atoms with Gasteiger partial charge in [-0.1, -0.05) is 44.5 Å². The first-order chi connectivity index (χ1) is 9.41. The molecule has 1 amide bonds. The van der Waals surface area contributed by atoms with E-state index in [1.165, 1.54) is 0 Å². The van der Waals surface area contributed by atoms with Crippen molar-refractivity contribution < 1.29 is 9.53 Å². The molecule has 0 aliphatic rings. The maximum atomic E-state index is 11.0. The van der Waals surface area contributed by atoms with Crippen LogP contribution in [-0.2, 0) is 11.3 Å². The number of ether oxygens (including phenoxy) is 1. The Morgan fingerprint density at radius 3 is 2.70 bits per heavy atom. The molecule has 0 saturated heterocycles. The zero-order chi connectivity index (χ0) is 15.1. The summed E-state index contributed by atoms with van der Waals surface area (Å²) in [5.74, 6) is 0.478. The summed E-state index contributed by atoms with van der Waals surface area (Å²) < 4.78 is 5.68. The van der Waals surface area contributed by atoms with Crippen LogP contribution in [0.1, 0.15) is 26.3 Å². The van der Waals surface area contributed by atoms with Gasteiger partial charge in [0.2, 0.25) is 5.91 Å². The Bertz CT molecular complexity index is 449. The highest BCUT2D eigenvalue weighted by Gasteiger charge is 2.13. The number of primary amides is 1. The average Bonchev–Trinajstić information content (AvgIpc) is 2.37. The van der Waals surface area contributed by atoms with Gasteiger partial charge in [-0.25, -0.2) is 0 Å². The maximum Gasteiger partial charge on any atom is 0.223 e. The minimum atomic E-state index is -0.378. The van der Waals surface area contributed by atoms with Gasteiger partial charge in [0.25, 0.3) is 0 Å². The van der Waals surface area contributed by atoms with Gasteiger partial charge in [-0.2, -0.15) is 0 Å². The summed E-state index contributed by atoms with van der Waals surface area (Å²) in [7, 11) is 0. The number of hydrogen-bond acceptors (Lipinski definition) is 3. The smallest absolute Gasteiger partial charge is 0.223 e. The molecule has 0 aromatic heterocycles. The van der Waals surface area contributed by atoms with Gasteiger partial charge in [-0.3, -0.25) is 4.79 Å². The number of nitrogens with two attached hydrogens (primary N) is 1. The molecule has 1 unspecified atom stereocenters. The third-order valence-corrected chi connectivity index (χ3v) is 3.18. The van der Waals surface area contributed by atoms with Crippen molar-refractivity contribution in [2.75, 3.05) is 13.2 Å². The number of carbonyl (C=O) groups is 1. The molecule has 1 aromatic rings. The zero-order valence-corrected chi connectivity index (χ0v) is 13.0. The second-order valence-electron chi connectivity index (χ2n) is 5.37. The number of amides is 1. The highest BCUT2D eigenvalue weighted by atomic mass is 35.5. The van der Waals surface area contributed by atoms with Crippen LogP contribution in [0.3, 0.4) is 0 Å². The molecule has 0 fully saturated rings. The topological polar surface area (TPSA) is 64.3 Å². The number of nitrogens with one attached hydrogen (secondary N) is 1. The Morgan fingerprint density at radius 2 is 2.10 bits per heavy atom. The second kappa shape index (κ2) is 8.12. The highest BCUT2D eigenvalue weighted by molar-refractivity contribution is 6.32. The van der Waals surface area contributed by atoms with Crippen molar-refractivity contribution >= 4 is 17.5 Å². The summed E-state index contributed by atoms with van der Waals surface area (Å²) in [6.45, 7) is 7.86. The van der Waals surface area contributed by atoms with Crippen molar-refractivity contribution in [3.8, 4) is 5.75 Å². The Kier molecular flexibility index (Phi) is 6.82. The summed E-state index contributed by atoms with van der Waals surface area (Å²) in [5, 5.41) is 3.90. The molecule has 112 valence electrons. The summed E-state index contributed by atoms with van der Waals surface area (Å²) in [5.41, 5.74) is 6.21. The first-order valence-electron chi connectivity index (χ1n) is 6.82. The molecule has 5 heteroatoms. The van der Waals surface area contributed by atoms with Gasteiger partial charge in [0, 0.05) is 12.1 Å². The van der Waals surface area contributed by atoms with E-state index in [4.69, 9.17) is 22.1 Å². The molecule has 1 rings (SSSR count). The van der Waals surface area contributed by atoms with Crippen molar-refractivity contribution in [1.29, 1.82) is 0 Å². The maximum absolute atomic E-state index is 11.0. The van der Waals surface area contributed by atoms with Crippen LogP contribution >= 0.6 is 11.6 Å². The predicted octanol–water partition coefficient (Wildman–Crippen LogP) is 2.59. The second-order valence-corrected chi connectivity index (χ2v) is 5.77. The molecule has 4 nitrogen and oxygen atoms in total. The molecule has 1 atom stereocenters. The van der Waals surface area contributed by atoms with E-state index < -0.39 is 0 Å². The molecule has 0 heterocycles. The summed E-state index contributed by atoms with van der Waals surface area (Å²) in [6, 6.07) is 5.63. The van der Waals surface area contributed by atoms with Crippen LogP contribution in [0.25, 0.3) is 0 Å². The number of hydrogen-bond donors (Lipinski definition) is 2. The Morgan fingerprint density at radius 1 is 1.40 bits per heavy atom. The van der Waals surface area contributed by atoms with Gasteiger partial charge in [-0.05, 0) is 18.5 Å². The Balaban J connectivity index is 2.70. The van der Waals surface area contributed by atoms with Crippen molar-refractivity contribution in [3.05, 3.63) is 28.8 Å². The van der Waals surface area contributed by atoms with Gasteiger partial charge in [0.15, 0.2) is 0 Å². The van der Waals surface area contributed by atoms with Gasteiger partial charge in [0.1, 0.15) is 5.75 Å². The fourth-order valence-corrected chi connectivity index (χ4v) is 1.89. The van der Waals surface area contributed by atoms with E-state index in [-0.39, 0.29) is 18.4 Å². The summed E-state index contributed by atoms with van der Waals surface area (Å²) in [6.07, 6.45) is 0. The van der Waals surface area contributed by atoms with Crippen LogP contribution in [0.2, 0.25) is 5.02 Å². The van der Waals surface area contributed by atoms with Crippen LogP contribution in [0.5, 0.6) is 5.75 Å². The van der Waals surface area contributed by atoms with E-state index in [2.05, 4.69) is 19.2 Å². The van der Waals surface area contributed by atoms with Crippen LogP contribution in [0.4, 0.5) is 0 Å². The molecule has 0 spiro atoms. The van der Waals surface area contributed by atoms with Crippen molar-refractivity contribution in [2.24, 2.45) is 17.6 Å². The van der Waals surface area contributed by atoms with E-state index in [1.807, 2.05) is 12.1 Å². The molecular weight excluding hydrogens is 276 g/mol. The first kappa shape index (κ1) is 16.8. The fourth-order valence-electron chi connectivity index (χ4n) is 1.64. The number of carbonyl (C=O) groups excluding carboxylic acids is 1. The lowest BCUT2D eigenvalue weighted by Gasteiger charge is -2.16. The molecular formula is C15H23ClN2O2. The van der Waals surface area contributed by atoms with E-state index >= 15 is 0 Å².